The maximum atomic E-state index is 8.85. The summed E-state index contributed by atoms with van der Waals surface area (Å²) < 4.78 is 2.06. The van der Waals surface area contributed by atoms with Crippen LogP contribution in [0.2, 0.25) is 5.02 Å². The predicted octanol–water partition coefficient (Wildman–Crippen LogP) is 5.12. The minimum atomic E-state index is 0.359. The van der Waals surface area contributed by atoms with Gasteiger partial charge in [-0.3, -0.25) is 4.57 Å². The van der Waals surface area contributed by atoms with Gasteiger partial charge in [0.05, 0.1) is 23.7 Å². The van der Waals surface area contributed by atoms with Crippen LogP contribution in [-0.2, 0) is 0 Å². The average Bonchev–Trinajstić information content (AvgIpc) is 2.98. The number of thioether (sulfide) groups is 1. The van der Waals surface area contributed by atoms with Gasteiger partial charge in [-0.2, -0.15) is 5.26 Å². The third-order valence-electron chi connectivity index (χ3n) is 3.43. The summed E-state index contributed by atoms with van der Waals surface area (Å²) in [4.78, 5) is 4.49. The van der Waals surface area contributed by atoms with E-state index >= 15 is 0 Å². The molecule has 0 bridgehead atoms. The molecule has 0 saturated carbocycles. The fourth-order valence-electron chi connectivity index (χ4n) is 2.30. The molecule has 0 N–H and O–H groups in total. The number of hydrogen-bond donors (Lipinski definition) is 0. The monoisotopic (exact) mass is 339 g/mol. The number of hydrogen-bond acceptors (Lipinski definition) is 3. The first-order chi connectivity index (χ1) is 11.2. The Hall–Kier alpha value is -2.22. The van der Waals surface area contributed by atoms with Crippen LogP contribution in [0.4, 0.5) is 0 Å². The van der Waals surface area contributed by atoms with Crippen molar-refractivity contribution >= 4 is 23.4 Å². The van der Waals surface area contributed by atoms with Crippen molar-refractivity contribution in [3.63, 3.8) is 0 Å². The minimum absolute atomic E-state index is 0.359. The molecule has 3 rings (SSSR count). The molecule has 1 heterocycles. The van der Waals surface area contributed by atoms with Gasteiger partial charge in [-0.05, 0) is 31.2 Å². The summed E-state index contributed by atoms with van der Waals surface area (Å²) in [6.07, 6.45) is 1.85. The van der Waals surface area contributed by atoms with Crippen molar-refractivity contribution in [1.29, 1.82) is 5.26 Å². The Labute approximate surface area is 144 Å². The van der Waals surface area contributed by atoms with E-state index in [2.05, 4.69) is 46.8 Å². The highest BCUT2D eigenvalue weighted by atomic mass is 35.5. The lowest BCUT2D eigenvalue weighted by atomic mass is 10.1. The van der Waals surface area contributed by atoms with Crippen molar-refractivity contribution < 1.29 is 0 Å². The van der Waals surface area contributed by atoms with E-state index in [1.54, 1.807) is 0 Å². The largest absolute Gasteiger partial charge is 0.287 e. The summed E-state index contributed by atoms with van der Waals surface area (Å²) in [6.45, 7) is 2.06. The van der Waals surface area contributed by atoms with Crippen LogP contribution in [0.3, 0.4) is 0 Å². The Kier molecular flexibility index (Phi) is 4.71. The van der Waals surface area contributed by atoms with Crippen molar-refractivity contribution in [3.05, 3.63) is 65.3 Å². The zero-order chi connectivity index (χ0) is 16.2. The minimum Gasteiger partial charge on any atom is -0.287 e. The van der Waals surface area contributed by atoms with Crippen LogP contribution < -0.4 is 0 Å². The molecule has 0 saturated heterocycles. The van der Waals surface area contributed by atoms with Crippen LogP contribution in [0, 0.1) is 18.3 Å². The van der Waals surface area contributed by atoms with Gasteiger partial charge in [0.15, 0.2) is 5.16 Å². The quantitative estimate of drug-likeness (QED) is 0.620. The number of aromatic nitrogens is 2. The van der Waals surface area contributed by atoms with Crippen LogP contribution in [-0.4, -0.2) is 15.3 Å². The van der Waals surface area contributed by atoms with Gasteiger partial charge in [0.25, 0.3) is 0 Å². The Balaban J connectivity index is 2.12. The first-order valence-electron chi connectivity index (χ1n) is 7.09. The molecule has 0 unspecified atom stereocenters. The van der Waals surface area contributed by atoms with Crippen LogP contribution in [0.15, 0.2) is 59.9 Å². The third-order valence-corrected chi connectivity index (χ3v) is 4.50. The van der Waals surface area contributed by atoms with Gasteiger partial charge in [-0.15, -0.1) is 0 Å². The molecule has 3 nitrogen and oxygen atoms in total. The van der Waals surface area contributed by atoms with Gasteiger partial charge in [-0.25, -0.2) is 4.98 Å². The lowest BCUT2D eigenvalue weighted by Crippen LogP contribution is -1.99. The topological polar surface area (TPSA) is 41.6 Å². The summed E-state index contributed by atoms with van der Waals surface area (Å²) in [5.41, 5.74) is 4.27. The maximum absolute atomic E-state index is 8.85. The molecule has 0 fully saturated rings. The van der Waals surface area contributed by atoms with Crippen LogP contribution >= 0.6 is 23.4 Å². The van der Waals surface area contributed by atoms with Crippen LogP contribution in [0.5, 0.6) is 0 Å². The normalized spacial score (nSPS) is 10.5. The second-order valence-electron chi connectivity index (χ2n) is 5.05. The molecule has 0 aliphatic heterocycles. The molecule has 1 aromatic heterocycles. The predicted molar refractivity (Wildman–Crippen MR) is 95.1 cm³/mol. The zero-order valence-corrected chi connectivity index (χ0v) is 14.1. The first-order valence-corrected chi connectivity index (χ1v) is 8.46. The van der Waals surface area contributed by atoms with E-state index in [-0.39, 0.29) is 0 Å². The van der Waals surface area contributed by atoms with Gasteiger partial charge in [0.2, 0.25) is 0 Å². The summed E-state index contributed by atoms with van der Waals surface area (Å²) in [5.74, 6) is 0.359. The van der Waals surface area contributed by atoms with E-state index < -0.39 is 0 Å². The molecule has 2 aromatic carbocycles. The molecule has 0 spiro atoms. The Morgan fingerprint density at radius 2 is 1.83 bits per heavy atom. The van der Waals surface area contributed by atoms with Gasteiger partial charge in [0, 0.05) is 16.3 Å². The summed E-state index contributed by atoms with van der Waals surface area (Å²) in [6, 6.07) is 18.1. The molecule has 23 heavy (non-hydrogen) atoms. The molecule has 3 aromatic rings. The zero-order valence-electron chi connectivity index (χ0n) is 12.5. The number of rotatable bonds is 4. The van der Waals surface area contributed by atoms with Crippen molar-refractivity contribution in [2.45, 2.75) is 12.1 Å². The summed E-state index contributed by atoms with van der Waals surface area (Å²) in [5, 5.41) is 10.3. The second-order valence-corrected chi connectivity index (χ2v) is 6.43. The van der Waals surface area contributed by atoms with E-state index in [0.717, 1.165) is 22.1 Å². The third kappa shape index (κ3) is 3.42. The summed E-state index contributed by atoms with van der Waals surface area (Å²) in [7, 11) is 0. The van der Waals surface area contributed by atoms with Crippen molar-refractivity contribution in [2.24, 2.45) is 0 Å². The highest BCUT2D eigenvalue weighted by molar-refractivity contribution is 7.99. The molecule has 114 valence electrons. The van der Waals surface area contributed by atoms with Gasteiger partial charge >= 0.3 is 0 Å². The maximum Gasteiger partial charge on any atom is 0.174 e. The van der Waals surface area contributed by atoms with E-state index in [9.17, 15) is 0 Å². The Bertz CT molecular complexity index is 845. The lowest BCUT2D eigenvalue weighted by Gasteiger charge is -2.12. The Morgan fingerprint density at radius 3 is 2.48 bits per heavy atom. The van der Waals surface area contributed by atoms with Crippen molar-refractivity contribution in [2.75, 3.05) is 5.75 Å². The number of nitrogens with zero attached hydrogens (tertiary/aromatic N) is 3. The highest BCUT2D eigenvalue weighted by Crippen LogP contribution is 2.30. The van der Waals surface area contributed by atoms with Gasteiger partial charge in [-0.1, -0.05) is 53.2 Å². The number of imidazole rings is 1. The average molecular weight is 340 g/mol. The van der Waals surface area contributed by atoms with Gasteiger partial charge in [0.1, 0.15) is 0 Å². The molecule has 0 aliphatic carbocycles. The first kappa shape index (κ1) is 15.7. The Morgan fingerprint density at radius 1 is 1.13 bits per heavy atom. The highest BCUT2D eigenvalue weighted by Gasteiger charge is 2.14. The van der Waals surface area contributed by atoms with Crippen molar-refractivity contribution in [3.8, 4) is 23.0 Å². The molecule has 0 atom stereocenters. The molecule has 0 radical (unpaired) electrons. The van der Waals surface area contributed by atoms with Crippen LogP contribution in [0.25, 0.3) is 16.9 Å². The number of halogens is 1. The smallest absolute Gasteiger partial charge is 0.174 e. The van der Waals surface area contributed by atoms with E-state index in [1.807, 2.05) is 30.5 Å². The van der Waals surface area contributed by atoms with E-state index in [0.29, 0.717) is 10.8 Å². The van der Waals surface area contributed by atoms with E-state index in [4.69, 9.17) is 16.9 Å². The van der Waals surface area contributed by atoms with Crippen molar-refractivity contribution in [1.82, 2.24) is 9.55 Å². The number of aryl methyl sites for hydroxylation is 1. The lowest BCUT2D eigenvalue weighted by molar-refractivity contribution is 0.902. The fraction of sp³-hybridized carbons (Fsp3) is 0.111. The molecule has 5 heteroatoms. The fourth-order valence-corrected chi connectivity index (χ4v) is 3.08. The molecule has 0 amide bonds. The van der Waals surface area contributed by atoms with E-state index in [1.165, 1.54) is 17.3 Å². The number of benzene rings is 2. The standard InChI is InChI=1S/C18H14ClN3S/c1-13-2-4-14(5-3-13)17-12-21-18(23-11-10-20)22(17)16-8-6-15(19)7-9-16/h2-9,12H,11H2,1H3. The molecule has 0 aliphatic rings. The number of nitriles is 1. The second kappa shape index (κ2) is 6.91. The van der Waals surface area contributed by atoms with Crippen LogP contribution in [0.1, 0.15) is 5.56 Å². The molecular weight excluding hydrogens is 326 g/mol. The summed E-state index contributed by atoms with van der Waals surface area (Å²) >= 11 is 7.42. The molecular formula is C18H14ClN3S. The van der Waals surface area contributed by atoms with Gasteiger partial charge < -0.3 is 0 Å². The SMILES string of the molecule is Cc1ccc(-c2cnc(SCC#N)n2-c2ccc(Cl)cc2)cc1.